The molecule has 35 heavy (non-hydrogen) atoms. The summed E-state index contributed by atoms with van der Waals surface area (Å²) in [6.45, 7) is 0. The Kier molecular flexibility index (Phi) is 7.24. The van der Waals surface area contributed by atoms with Gasteiger partial charge in [-0.3, -0.25) is 14.2 Å². The Hall–Kier alpha value is -2.65. The second kappa shape index (κ2) is 10.5. The van der Waals surface area contributed by atoms with E-state index >= 15 is 0 Å². The number of rotatable bonds is 6. The summed E-state index contributed by atoms with van der Waals surface area (Å²) in [4.78, 5) is 33.0. The number of hydrogen-bond acceptors (Lipinski definition) is 6. The van der Waals surface area contributed by atoms with E-state index in [0.29, 0.717) is 26.2 Å². The standard InChI is InChI=1S/C25H20Cl2N4O2S2/c26-18-10-6-11-19(27)17(18)13-28-30-21(32)14-34-25-29-23-22(16-9-4-5-12-20(16)35-23)24(33)31(25)15-7-2-1-3-8-15/h1-3,6-8,10-11,13H,4-5,9,12,14H2,(H,30,32)/b28-13+. The maximum absolute atomic E-state index is 13.7. The van der Waals surface area contributed by atoms with E-state index in [4.69, 9.17) is 28.2 Å². The van der Waals surface area contributed by atoms with Crippen LogP contribution < -0.4 is 11.0 Å². The number of amides is 1. The van der Waals surface area contributed by atoms with E-state index in [0.717, 1.165) is 41.8 Å². The lowest BCUT2D eigenvalue weighted by atomic mass is 9.97. The van der Waals surface area contributed by atoms with E-state index in [9.17, 15) is 9.59 Å². The van der Waals surface area contributed by atoms with Crippen molar-refractivity contribution in [2.45, 2.75) is 30.8 Å². The third-order valence-electron chi connectivity index (χ3n) is 5.69. The minimum atomic E-state index is -0.339. The molecule has 1 amide bonds. The van der Waals surface area contributed by atoms with Crippen LogP contribution in [0.5, 0.6) is 0 Å². The lowest BCUT2D eigenvalue weighted by Crippen LogP contribution is -2.24. The molecule has 0 fully saturated rings. The van der Waals surface area contributed by atoms with Gasteiger partial charge in [0.05, 0.1) is 33.1 Å². The van der Waals surface area contributed by atoms with Gasteiger partial charge in [-0.2, -0.15) is 5.10 Å². The number of nitrogens with zero attached hydrogens (tertiary/aromatic N) is 3. The fraction of sp³-hybridized carbons (Fsp3) is 0.200. The van der Waals surface area contributed by atoms with E-state index in [-0.39, 0.29) is 17.2 Å². The number of halogens is 2. The average molecular weight is 544 g/mol. The smallest absolute Gasteiger partial charge is 0.267 e. The van der Waals surface area contributed by atoms with Crippen molar-refractivity contribution in [3.63, 3.8) is 0 Å². The molecule has 2 aromatic heterocycles. The topological polar surface area (TPSA) is 76.3 Å². The molecule has 1 N–H and O–H groups in total. The molecule has 0 aliphatic heterocycles. The summed E-state index contributed by atoms with van der Waals surface area (Å²) in [7, 11) is 0. The highest BCUT2D eigenvalue weighted by molar-refractivity contribution is 7.99. The molecule has 0 atom stereocenters. The van der Waals surface area contributed by atoms with Crippen molar-refractivity contribution in [3.8, 4) is 5.69 Å². The first-order valence-corrected chi connectivity index (χ1v) is 13.6. The Balaban J connectivity index is 1.42. The van der Waals surface area contributed by atoms with E-state index in [1.807, 2.05) is 30.3 Å². The van der Waals surface area contributed by atoms with Crippen LogP contribution in [0.25, 0.3) is 15.9 Å². The number of aryl methyl sites for hydroxylation is 2. The molecule has 0 spiro atoms. The lowest BCUT2D eigenvalue weighted by molar-refractivity contribution is -0.118. The van der Waals surface area contributed by atoms with E-state index < -0.39 is 0 Å². The van der Waals surface area contributed by atoms with Gasteiger partial charge in [0.1, 0.15) is 4.83 Å². The van der Waals surface area contributed by atoms with Crippen molar-refractivity contribution in [1.29, 1.82) is 0 Å². The number of benzene rings is 2. The van der Waals surface area contributed by atoms with Crippen LogP contribution in [0.15, 0.2) is 63.6 Å². The maximum Gasteiger partial charge on any atom is 0.267 e. The normalized spacial score (nSPS) is 13.3. The van der Waals surface area contributed by atoms with Gasteiger partial charge in [-0.25, -0.2) is 10.4 Å². The number of thiophene rings is 1. The van der Waals surface area contributed by atoms with Crippen LogP contribution in [0.1, 0.15) is 28.8 Å². The summed E-state index contributed by atoms with van der Waals surface area (Å²) in [5, 5.41) is 6.03. The number of nitrogens with one attached hydrogen (secondary N) is 1. The largest absolute Gasteiger partial charge is 0.272 e. The van der Waals surface area contributed by atoms with Crippen molar-refractivity contribution in [1.82, 2.24) is 15.0 Å². The molecule has 5 rings (SSSR count). The number of aromatic nitrogens is 2. The number of para-hydroxylation sites is 1. The van der Waals surface area contributed by atoms with E-state index in [1.165, 1.54) is 22.9 Å². The van der Waals surface area contributed by atoms with Crippen molar-refractivity contribution in [2.24, 2.45) is 5.10 Å². The Morgan fingerprint density at radius 1 is 1.11 bits per heavy atom. The van der Waals surface area contributed by atoms with Crippen LogP contribution in [0.4, 0.5) is 0 Å². The number of fused-ring (bicyclic) bond motifs is 3. The first-order chi connectivity index (χ1) is 17.0. The summed E-state index contributed by atoms with van der Waals surface area (Å²) in [5.41, 5.74) is 4.78. The zero-order chi connectivity index (χ0) is 24.4. The number of carbonyl (C=O) groups is 1. The van der Waals surface area contributed by atoms with Gasteiger partial charge in [0, 0.05) is 10.4 Å². The van der Waals surface area contributed by atoms with E-state index in [2.05, 4.69) is 10.5 Å². The predicted molar refractivity (Wildman–Crippen MR) is 145 cm³/mol. The number of hydrogen-bond donors (Lipinski definition) is 1. The van der Waals surface area contributed by atoms with Gasteiger partial charge in [-0.1, -0.05) is 59.2 Å². The summed E-state index contributed by atoms with van der Waals surface area (Å²) >= 11 is 15.1. The van der Waals surface area contributed by atoms with Crippen molar-refractivity contribution < 1.29 is 4.79 Å². The highest BCUT2D eigenvalue weighted by atomic mass is 35.5. The van der Waals surface area contributed by atoms with Crippen molar-refractivity contribution >= 4 is 68.6 Å². The molecule has 10 heteroatoms. The molecular weight excluding hydrogens is 523 g/mol. The molecule has 4 aromatic rings. The Morgan fingerprint density at radius 3 is 2.63 bits per heavy atom. The second-order valence-corrected chi connectivity index (χ2v) is 10.8. The van der Waals surface area contributed by atoms with Crippen LogP contribution >= 0.6 is 46.3 Å². The molecule has 0 saturated heterocycles. The molecule has 0 bridgehead atoms. The van der Waals surface area contributed by atoms with Gasteiger partial charge < -0.3 is 0 Å². The maximum atomic E-state index is 13.7. The number of carbonyl (C=O) groups excluding carboxylic acids is 1. The van der Waals surface area contributed by atoms with Crippen LogP contribution in [-0.4, -0.2) is 27.4 Å². The minimum absolute atomic E-state index is 0.0312. The fourth-order valence-corrected chi connectivity index (χ4v) is 6.66. The highest BCUT2D eigenvalue weighted by Gasteiger charge is 2.23. The van der Waals surface area contributed by atoms with E-state index in [1.54, 1.807) is 34.1 Å². The highest BCUT2D eigenvalue weighted by Crippen LogP contribution is 2.35. The van der Waals surface area contributed by atoms with Gasteiger partial charge >= 0.3 is 0 Å². The van der Waals surface area contributed by atoms with Crippen LogP contribution in [0, 0.1) is 0 Å². The van der Waals surface area contributed by atoms with Gasteiger partial charge in [-0.05, 0) is 55.5 Å². The number of thioether (sulfide) groups is 1. The van der Waals surface area contributed by atoms with Crippen LogP contribution in [0.3, 0.4) is 0 Å². The summed E-state index contributed by atoms with van der Waals surface area (Å²) in [6.07, 6.45) is 5.52. The molecule has 0 unspecified atom stereocenters. The van der Waals surface area contributed by atoms with Crippen molar-refractivity contribution in [2.75, 3.05) is 5.75 Å². The predicted octanol–water partition coefficient (Wildman–Crippen LogP) is 5.88. The zero-order valence-corrected chi connectivity index (χ0v) is 21.6. The van der Waals surface area contributed by atoms with Crippen LogP contribution in [0.2, 0.25) is 10.0 Å². The lowest BCUT2D eigenvalue weighted by Gasteiger charge is -2.13. The Bertz CT molecular complexity index is 1480. The third-order valence-corrected chi connectivity index (χ3v) is 8.47. The fourth-order valence-electron chi connectivity index (χ4n) is 4.05. The van der Waals surface area contributed by atoms with Gasteiger partial charge in [0.2, 0.25) is 0 Å². The monoisotopic (exact) mass is 542 g/mol. The molecule has 0 radical (unpaired) electrons. The molecule has 178 valence electrons. The molecule has 6 nitrogen and oxygen atoms in total. The molecule has 0 saturated carbocycles. The van der Waals surface area contributed by atoms with Gasteiger partial charge in [-0.15, -0.1) is 11.3 Å². The molecule has 2 aromatic carbocycles. The summed E-state index contributed by atoms with van der Waals surface area (Å²) in [6, 6.07) is 14.5. The minimum Gasteiger partial charge on any atom is -0.272 e. The van der Waals surface area contributed by atoms with Gasteiger partial charge in [0.25, 0.3) is 11.5 Å². The quantitative estimate of drug-likeness (QED) is 0.143. The Morgan fingerprint density at radius 2 is 1.86 bits per heavy atom. The van der Waals surface area contributed by atoms with Crippen LogP contribution in [-0.2, 0) is 17.6 Å². The second-order valence-electron chi connectivity index (χ2n) is 7.98. The average Bonchev–Trinajstić information content (AvgIpc) is 3.24. The molecule has 1 aliphatic rings. The first kappa shape index (κ1) is 24.1. The third kappa shape index (κ3) is 5.02. The SMILES string of the molecule is O=C(CSc1nc2sc3c(c2c(=O)n1-c1ccccc1)CCCC3)N/N=C/c1c(Cl)cccc1Cl. The summed E-state index contributed by atoms with van der Waals surface area (Å²) in [5.74, 6) is -0.308. The molecule has 2 heterocycles. The molecular formula is C25H20Cl2N4O2S2. The number of hydrazone groups is 1. The van der Waals surface area contributed by atoms with Gasteiger partial charge in [0.15, 0.2) is 5.16 Å². The zero-order valence-electron chi connectivity index (χ0n) is 18.5. The molecule has 1 aliphatic carbocycles. The summed E-state index contributed by atoms with van der Waals surface area (Å²) < 4.78 is 1.61. The van der Waals surface area contributed by atoms with Crippen molar-refractivity contribution in [3.05, 3.63) is 84.9 Å². The first-order valence-electron chi connectivity index (χ1n) is 11.0. The Labute approximate surface area is 220 Å².